The molecule has 0 saturated carbocycles. The largest absolute Gasteiger partial charge is 0.145 e. The third-order valence-corrected chi connectivity index (χ3v) is 3.41. The first-order valence-corrected chi connectivity index (χ1v) is 6.46. The van der Waals surface area contributed by atoms with Gasteiger partial charge in [-0.15, -0.1) is 4.91 Å². The molecule has 0 aromatic heterocycles. The SMILES string of the molecule is CC1=CCCC=C(C)CCC(N=O)=C(C)CC1. The Labute approximate surface area is 104 Å². The predicted molar refractivity (Wildman–Crippen MR) is 73.7 cm³/mol. The first-order valence-electron chi connectivity index (χ1n) is 6.46. The van der Waals surface area contributed by atoms with E-state index < -0.39 is 0 Å². The molecule has 0 saturated heterocycles. The summed E-state index contributed by atoms with van der Waals surface area (Å²) < 4.78 is 0. The highest BCUT2D eigenvalue weighted by Gasteiger charge is 2.05. The van der Waals surface area contributed by atoms with Crippen molar-refractivity contribution in [1.82, 2.24) is 0 Å². The Hall–Kier alpha value is -1.18. The lowest BCUT2D eigenvalue weighted by atomic mass is 9.99. The molecule has 0 heterocycles. The second-order valence-electron chi connectivity index (χ2n) is 5.00. The molecule has 0 amide bonds. The highest BCUT2D eigenvalue weighted by molar-refractivity contribution is 5.15. The molecule has 1 aliphatic rings. The first kappa shape index (κ1) is 13.9. The third-order valence-electron chi connectivity index (χ3n) is 3.41. The summed E-state index contributed by atoms with van der Waals surface area (Å²) in [6.07, 6.45) is 10.6. The maximum atomic E-state index is 10.8. The summed E-state index contributed by atoms with van der Waals surface area (Å²) in [7, 11) is 0. The number of rotatable bonds is 1. The Balaban J connectivity index is 2.84. The van der Waals surface area contributed by atoms with Crippen LogP contribution in [-0.4, -0.2) is 0 Å². The van der Waals surface area contributed by atoms with Crippen molar-refractivity contribution in [2.75, 3.05) is 0 Å². The minimum atomic E-state index is 0.756. The lowest BCUT2D eigenvalue weighted by molar-refractivity contribution is 0.826. The summed E-state index contributed by atoms with van der Waals surface area (Å²) in [4.78, 5) is 10.8. The summed E-state index contributed by atoms with van der Waals surface area (Å²) in [6.45, 7) is 6.35. The molecule has 94 valence electrons. The Morgan fingerprint density at radius 2 is 1.41 bits per heavy atom. The van der Waals surface area contributed by atoms with Crippen molar-refractivity contribution >= 4 is 0 Å². The molecule has 0 aliphatic heterocycles. The molecule has 0 aromatic rings. The topological polar surface area (TPSA) is 29.4 Å². The van der Waals surface area contributed by atoms with Crippen molar-refractivity contribution < 1.29 is 0 Å². The van der Waals surface area contributed by atoms with E-state index >= 15 is 0 Å². The van der Waals surface area contributed by atoms with E-state index in [-0.39, 0.29) is 0 Å². The van der Waals surface area contributed by atoms with Gasteiger partial charge in [-0.3, -0.25) is 0 Å². The van der Waals surface area contributed by atoms with Crippen molar-refractivity contribution in [2.24, 2.45) is 5.18 Å². The van der Waals surface area contributed by atoms with Crippen LogP contribution >= 0.6 is 0 Å². The molecule has 0 fully saturated rings. The van der Waals surface area contributed by atoms with Crippen molar-refractivity contribution in [2.45, 2.75) is 59.3 Å². The molecule has 1 rings (SSSR count). The third kappa shape index (κ3) is 5.12. The van der Waals surface area contributed by atoms with Gasteiger partial charge in [0.05, 0.1) is 5.70 Å². The maximum Gasteiger partial charge on any atom is 0.0841 e. The first-order chi connectivity index (χ1) is 8.13. The van der Waals surface area contributed by atoms with Crippen LogP contribution in [0.5, 0.6) is 0 Å². The zero-order valence-electron chi connectivity index (χ0n) is 11.3. The van der Waals surface area contributed by atoms with E-state index in [9.17, 15) is 4.91 Å². The van der Waals surface area contributed by atoms with E-state index in [0.717, 1.165) is 49.8 Å². The lowest BCUT2D eigenvalue weighted by Gasteiger charge is -2.08. The van der Waals surface area contributed by atoms with Crippen LogP contribution in [0.4, 0.5) is 0 Å². The smallest absolute Gasteiger partial charge is 0.0841 e. The second kappa shape index (κ2) is 7.21. The fourth-order valence-corrected chi connectivity index (χ4v) is 2.05. The molecule has 1 aliphatic carbocycles. The molecule has 0 N–H and O–H groups in total. The van der Waals surface area contributed by atoms with Gasteiger partial charge in [-0.1, -0.05) is 23.3 Å². The number of hydrogen-bond donors (Lipinski definition) is 0. The van der Waals surface area contributed by atoms with Gasteiger partial charge in [0, 0.05) is 0 Å². The summed E-state index contributed by atoms with van der Waals surface area (Å²) in [5.74, 6) is 0. The number of allylic oxidation sites excluding steroid dienone is 6. The predicted octanol–water partition coefficient (Wildman–Crippen LogP) is 5.27. The fourth-order valence-electron chi connectivity index (χ4n) is 2.05. The molecule has 0 atom stereocenters. The van der Waals surface area contributed by atoms with Crippen LogP contribution in [0.2, 0.25) is 0 Å². The molecular formula is C15H23NO. The second-order valence-corrected chi connectivity index (χ2v) is 5.00. The van der Waals surface area contributed by atoms with Crippen molar-refractivity contribution in [3.63, 3.8) is 0 Å². The Bertz CT molecular complexity index is 361. The Morgan fingerprint density at radius 3 is 1.94 bits per heavy atom. The van der Waals surface area contributed by atoms with Crippen molar-refractivity contribution in [3.05, 3.63) is 39.5 Å². The molecule has 0 unspecified atom stereocenters. The van der Waals surface area contributed by atoms with Crippen LogP contribution in [-0.2, 0) is 0 Å². The van der Waals surface area contributed by atoms with Crippen molar-refractivity contribution in [3.8, 4) is 0 Å². The van der Waals surface area contributed by atoms with Gasteiger partial charge in [0.1, 0.15) is 0 Å². The highest BCUT2D eigenvalue weighted by Crippen LogP contribution is 2.22. The van der Waals surface area contributed by atoms with Crippen LogP contribution in [0.25, 0.3) is 0 Å². The molecule has 2 heteroatoms. The molecule has 17 heavy (non-hydrogen) atoms. The van der Waals surface area contributed by atoms with E-state index in [1.807, 2.05) is 6.92 Å². The normalized spacial score (nSPS) is 19.9. The van der Waals surface area contributed by atoms with Gasteiger partial charge in [-0.05, 0) is 70.0 Å². The van der Waals surface area contributed by atoms with Crippen LogP contribution in [0, 0.1) is 4.91 Å². The van der Waals surface area contributed by atoms with Gasteiger partial charge in [0.2, 0.25) is 0 Å². The molecule has 0 spiro atoms. The monoisotopic (exact) mass is 233 g/mol. The zero-order valence-corrected chi connectivity index (χ0v) is 11.3. The van der Waals surface area contributed by atoms with Gasteiger partial charge in [0.15, 0.2) is 0 Å². The van der Waals surface area contributed by atoms with E-state index in [4.69, 9.17) is 0 Å². The summed E-state index contributed by atoms with van der Waals surface area (Å²) in [5.41, 5.74) is 4.69. The standard InChI is InChI=1S/C15H23NO/c1-12-6-4-5-7-13(2)9-11-15(16-17)14(3)10-8-12/h6-7H,4-5,8-11H2,1-3H3. The molecule has 2 nitrogen and oxygen atoms in total. The average Bonchev–Trinajstić information content (AvgIpc) is 2.31. The minimum Gasteiger partial charge on any atom is -0.145 e. The van der Waals surface area contributed by atoms with Gasteiger partial charge >= 0.3 is 0 Å². The summed E-state index contributed by atoms with van der Waals surface area (Å²) >= 11 is 0. The van der Waals surface area contributed by atoms with E-state index in [1.54, 1.807) is 0 Å². The van der Waals surface area contributed by atoms with Crippen LogP contribution < -0.4 is 0 Å². The number of nitrogens with zero attached hydrogens (tertiary/aromatic N) is 1. The molecule has 0 radical (unpaired) electrons. The molecule has 0 bridgehead atoms. The Kier molecular flexibility index (Phi) is 5.88. The number of nitroso groups, excluding NO2 is 1. The Morgan fingerprint density at radius 1 is 0.882 bits per heavy atom. The van der Waals surface area contributed by atoms with E-state index in [0.29, 0.717) is 0 Å². The van der Waals surface area contributed by atoms with Gasteiger partial charge < -0.3 is 0 Å². The van der Waals surface area contributed by atoms with Crippen LogP contribution in [0.3, 0.4) is 0 Å². The lowest BCUT2D eigenvalue weighted by Crippen LogP contribution is -1.91. The summed E-state index contributed by atoms with van der Waals surface area (Å²) in [5, 5.41) is 3.20. The fraction of sp³-hybridized carbons (Fsp3) is 0.600. The minimum absolute atomic E-state index is 0.756. The van der Waals surface area contributed by atoms with Crippen LogP contribution in [0.15, 0.2) is 39.7 Å². The van der Waals surface area contributed by atoms with E-state index in [1.165, 1.54) is 11.1 Å². The zero-order chi connectivity index (χ0) is 12.7. The highest BCUT2D eigenvalue weighted by atomic mass is 16.3. The van der Waals surface area contributed by atoms with Crippen LogP contribution in [0.1, 0.15) is 59.3 Å². The average molecular weight is 233 g/mol. The van der Waals surface area contributed by atoms with Crippen molar-refractivity contribution in [1.29, 1.82) is 0 Å². The molecule has 0 aromatic carbocycles. The summed E-state index contributed by atoms with van der Waals surface area (Å²) in [6, 6.07) is 0. The molecular weight excluding hydrogens is 210 g/mol. The number of hydrogen-bond acceptors (Lipinski definition) is 2. The van der Waals surface area contributed by atoms with Gasteiger partial charge in [-0.25, -0.2) is 0 Å². The van der Waals surface area contributed by atoms with E-state index in [2.05, 4.69) is 31.2 Å². The quantitative estimate of drug-likeness (QED) is 0.448. The van der Waals surface area contributed by atoms with Gasteiger partial charge in [0.25, 0.3) is 0 Å². The maximum absolute atomic E-state index is 10.8. The van der Waals surface area contributed by atoms with Gasteiger partial charge in [-0.2, -0.15) is 0 Å².